The van der Waals surface area contributed by atoms with Crippen molar-refractivity contribution in [2.24, 2.45) is 0 Å². The molecule has 2 unspecified atom stereocenters. The lowest BCUT2D eigenvalue weighted by Crippen LogP contribution is -2.67. The smallest absolute Gasteiger partial charge is 0.254 e. The van der Waals surface area contributed by atoms with Crippen molar-refractivity contribution in [3.63, 3.8) is 0 Å². The fourth-order valence-corrected chi connectivity index (χ4v) is 6.07. The lowest BCUT2D eigenvalue weighted by molar-refractivity contribution is -0.166. The van der Waals surface area contributed by atoms with Crippen molar-refractivity contribution < 1.29 is 23.8 Å². The van der Waals surface area contributed by atoms with Gasteiger partial charge in [-0.05, 0) is 69.9 Å². The molecule has 5 rings (SSSR count). The minimum Gasteiger partial charge on any atom is -0.490 e. The Labute approximate surface area is 236 Å². The van der Waals surface area contributed by atoms with Gasteiger partial charge in [0.2, 0.25) is 5.91 Å². The van der Waals surface area contributed by atoms with E-state index < -0.39 is 5.54 Å². The number of rotatable bonds is 11. The summed E-state index contributed by atoms with van der Waals surface area (Å²) in [6.07, 6.45) is 1.72. The number of H-pyrrole nitrogens is 1. The summed E-state index contributed by atoms with van der Waals surface area (Å²) >= 11 is 0. The number of nitrogens with one attached hydrogen (secondary N) is 1. The van der Waals surface area contributed by atoms with Crippen LogP contribution in [0.3, 0.4) is 0 Å². The zero-order valence-corrected chi connectivity index (χ0v) is 24.3. The van der Waals surface area contributed by atoms with E-state index in [9.17, 15) is 9.59 Å². The van der Waals surface area contributed by atoms with Gasteiger partial charge in [0.15, 0.2) is 17.0 Å². The number of hydrogen-bond acceptors (Lipinski definition) is 5. The van der Waals surface area contributed by atoms with Crippen LogP contribution in [-0.2, 0) is 19.9 Å². The van der Waals surface area contributed by atoms with Crippen molar-refractivity contribution in [1.82, 2.24) is 14.8 Å². The third-order valence-electron chi connectivity index (χ3n) is 7.97. The standard InChI is InChI=1S/C32H41N3O5/c1-6-16-40-26-14-13-22(18-27(26)38-7-2)24-19-35-28(36)20-34(15-10-17-39-21(3)4)31(37)32(35,5)30-29(24)23-11-8-9-12-25(23)33-30/h8-9,11-14,18,21,24,33H,6-7,10,15-17,19-20H2,1-5H3. The van der Waals surface area contributed by atoms with Crippen molar-refractivity contribution in [3.8, 4) is 11.5 Å². The van der Waals surface area contributed by atoms with Crippen molar-refractivity contribution in [3.05, 3.63) is 59.3 Å². The van der Waals surface area contributed by atoms with Gasteiger partial charge < -0.3 is 29.0 Å². The fraction of sp³-hybridized carbons (Fsp3) is 0.500. The Morgan fingerprint density at radius 3 is 2.60 bits per heavy atom. The number of ether oxygens (including phenoxy) is 3. The highest BCUT2D eigenvalue weighted by Gasteiger charge is 2.56. The predicted octanol–water partition coefficient (Wildman–Crippen LogP) is 5.20. The molecule has 0 bridgehead atoms. The Morgan fingerprint density at radius 1 is 1.05 bits per heavy atom. The number of carbonyl (C=O) groups is 2. The normalized spacial score (nSPS) is 20.7. The van der Waals surface area contributed by atoms with Gasteiger partial charge in [-0.3, -0.25) is 9.59 Å². The highest BCUT2D eigenvalue weighted by Crippen LogP contribution is 2.49. The second-order valence-electron chi connectivity index (χ2n) is 11.1. The second kappa shape index (κ2) is 11.5. The molecule has 8 heteroatoms. The number of para-hydroxylation sites is 1. The Kier molecular flexibility index (Phi) is 8.08. The third-order valence-corrected chi connectivity index (χ3v) is 7.97. The Morgan fingerprint density at radius 2 is 1.85 bits per heavy atom. The molecule has 3 aromatic rings. The monoisotopic (exact) mass is 547 g/mol. The van der Waals surface area contributed by atoms with Gasteiger partial charge in [0.25, 0.3) is 5.91 Å². The van der Waals surface area contributed by atoms with Gasteiger partial charge in [0.1, 0.15) is 0 Å². The number of hydrogen-bond donors (Lipinski definition) is 1. The van der Waals surface area contributed by atoms with Gasteiger partial charge in [-0.15, -0.1) is 0 Å². The topological polar surface area (TPSA) is 84.1 Å². The number of amides is 2. The first-order valence-electron chi connectivity index (χ1n) is 14.5. The van der Waals surface area contributed by atoms with E-state index in [0.717, 1.165) is 34.1 Å². The Bertz CT molecular complexity index is 1380. The molecule has 1 fully saturated rings. The first-order valence-corrected chi connectivity index (χ1v) is 14.5. The number of benzene rings is 2. The van der Waals surface area contributed by atoms with Gasteiger partial charge >= 0.3 is 0 Å². The van der Waals surface area contributed by atoms with E-state index in [1.54, 1.807) is 9.80 Å². The molecule has 214 valence electrons. The number of fused-ring (bicyclic) bond motifs is 5. The second-order valence-corrected chi connectivity index (χ2v) is 11.1. The van der Waals surface area contributed by atoms with Gasteiger partial charge in [-0.25, -0.2) is 0 Å². The van der Waals surface area contributed by atoms with Crippen molar-refractivity contribution in [1.29, 1.82) is 0 Å². The average molecular weight is 548 g/mol. The molecule has 8 nitrogen and oxygen atoms in total. The minimum absolute atomic E-state index is 0.0471. The molecule has 1 N–H and O–H groups in total. The molecule has 3 heterocycles. The maximum absolute atomic E-state index is 14.2. The third kappa shape index (κ3) is 4.94. The van der Waals surface area contributed by atoms with E-state index in [4.69, 9.17) is 14.2 Å². The van der Waals surface area contributed by atoms with Crippen LogP contribution in [0.25, 0.3) is 10.9 Å². The lowest BCUT2D eigenvalue weighted by atomic mass is 9.76. The molecule has 2 amide bonds. The van der Waals surface area contributed by atoms with Gasteiger partial charge in [0.05, 0.1) is 31.6 Å². The molecule has 0 aliphatic carbocycles. The van der Waals surface area contributed by atoms with E-state index in [1.165, 1.54) is 0 Å². The number of aromatic amines is 1. The van der Waals surface area contributed by atoms with Gasteiger partial charge in [0, 0.05) is 36.5 Å². The summed E-state index contributed by atoms with van der Waals surface area (Å²) in [5, 5.41) is 1.07. The summed E-state index contributed by atoms with van der Waals surface area (Å²) in [5.74, 6) is 1.17. The highest BCUT2D eigenvalue weighted by atomic mass is 16.5. The molecule has 2 aliphatic heterocycles. The number of carbonyl (C=O) groups excluding carboxylic acids is 2. The first kappa shape index (κ1) is 28.0. The molecule has 0 saturated carbocycles. The van der Waals surface area contributed by atoms with Gasteiger partial charge in [-0.2, -0.15) is 0 Å². The molecule has 2 atom stereocenters. The summed E-state index contributed by atoms with van der Waals surface area (Å²) in [4.78, 5) is 34.9. The number of nitrogens with zero attached hydrogens (tertiary/aromatic N) is 2. The molecule has 1 saturated heterocycles. The quantitative estimate of drug-likeness (QED) is 0.334. The molecule has 2 aliphatic rings. The minimum atomic E-state index is -1.12. The largest absolute Gasteiger partial charge is 0.490 e. The SMILES string of the molecule is CCCOc1ccc(C2CN3C(=O)CN(CCCOC(C)C)C(=O)C3(C)c3[nH]c4ccccc4c32)cc1OCC. The van der Waals surface area contributed by atoms with Crippen LogP contribution < -0.4 is 9.47 Å². The number of piperazine rings is 1. The zero-order valence-electron chi connectivity index (χ0n) is 24.3. The number of aromatic nitrogens is 1. The Hall–Kier alpha value is -3.52. The molecular formula is C32H41N3O5. The van der Waals surface area contributed by atoms with Crippen LogP contribution >= 0.6 is 0 Å². The van der Waals surface area contributed by atoms with Crippen LogP contribution in [0.1, 0.15) is 70.2 Å². The summed E-state index contributed by atoms with van der Waals surface area (Å²) in [7, 11) is 0. The van der Waals surface area contributed by atoms with Crippen molar-refractivity contribution in [2.45, 2.75) is 65.0 Å². The van der Waals surface area contributed by atoms with Crippen molar-refractivity contribution >= 4 is 22.7 Å². The van der Waals surface area contributed by atoms with Crippen LogP contribution in [0, 0.1) is 0 Å². The molecule has 40 heavy (non-hydrogen) atoms. The maximum atomic E-state index is 14.2. The lowest BCUT2D eigenvalue weighted by Gasteiger charge is -2.51. The highest BCUT2D eigenvalue weighted by molar-refractivity contribution is 6.01. The van der Waals surface area contributed by atoms with Crippen LogP contribution in [0.4, 0.5) is 0 Å². The van der Waals surface area contributed by atoms with E-state index in [-0.39, 0.29) is 30.4 Å². The van der Waals surface area contributed by atoms with Crippen molar-refractivity contribution in [2.75, 3.05) is 39.5 Å². The molecule has 2 aromatic carbocycles. The van der Waals surface area contributed by atoms with Crippen LogP contribution in [0.2, 0.25) is 0 Å². The molecule has 0 radical (unpaired) electrons. The molecular weight excluding hydrogens is 506 g/mol. The molecule has 0 spiro atoms. The summed E-state index contributed by atoms with van der Waals surface area (Å²) in [6.45, 7) is 12.5. The first-order chi connectivity index (χ1) is 19.3. The summed E-state index contributed by atoms with van der Waals surface area (Å²) in [6, 6.07) is 14.2. The average Bonchev–Trinajstić information content (AvgIpc) is 3.34. The van der Waals surface area contributed by atoms with Crippen LogP contribution in [0.15, 0.2) is 42.5 Å². The van der Waals surface area contributed by atoms with E-state index in [0.29, 0.717) is 50.8 Å². The van der Waals surface area contributed by atoms with Crippen LogP contribution in [-0.4, -0.2) is 72.2 Å². The van der Waals surface area contributed by atoms with E-state index >= 15 is 0 Å². The van der Waals surface area contributed by atoms with Crippen LogP contribution in [0.5, 0.6) is 11.5 Å². The maximum Gasteiger partial charge on any atom is 0.254 e. The Balaban J connectivity index is 1.57. The molecule has 1 aromatic heterocycles. The zero-order chi connectivity index (χ0) is 28.4. The van der Waals surface area contributed by atoms with Gasteiger partial charge in [-0.1, -0.05) is 31.2 Å². The fourth-order valence-electron chi connectivity index (χ4n) is 6.07. The summed E-state index contributed by atoms with van der Waals surface area (Å²) in [5.41, 5.74) is 2.71. The summed E-state index contributed by atoms with van der Waals surface area (Å²) < 4.78 is 17.6. The van der Waals surface area contributed by atoms with E-state index in [1.807, 2.05) is 58.0 Å². The van der Waals surface area contributed by atoms with E-state index in [2.05, 4.69) is 24.0 Å². The predicted molar refractivity (Wildman–Crippen MR) is 155 cm³/mol.